The number of aryl methyl sites for hydroxylation is 2. The van der Waals surface area contributed by atoms with Gasteiger partial charge in [0.25, 0.3) is 0 Å². The normalized spacial score (nSPS) is 12.0. The van der Waals surface area contributed by atoms with E-state index in [0.717, 1.165) is 57.5 Å². The number of hydrogen-bond acceptors (Lipinski definition) is 6. The van der Waals surface area contributed by atoms with Crippen molar-refractivity contribution in [1.29, 1.82) is 0 Å². The summed E-state index contributed by atoms with van der Waals surface area (Å²) in [6.07, 6.45) is 2.02. The lowest BCUT2D eigenvalue weighted by Gasteiger charge is -2.19. The van der Waals surface area contributed by atoms with E-state index in [9.17, 15) is 0 Å². The van der Waals surface area contributed by atoms with Gasteiger partial charge in [0.2, 0.25) is 23.6 Å². The molecule has 72 heavy (non-hydrogen) atoms. The van der Waals surface area contributed by atoms with Crippen LogP contribution in [0.5, 0.6) is 0 Å². The molecule has 0 saturated heterocycles. The Bertz CT molecular complexity index is 3780. The van der Waals surface area contributed by atoms with E-state index >= 15 is 0 Å². The minimum atomic E-state index is 0.0553. The summed E-state index contributed by atoms with van der Waals surface area (Å²) < 4.78 is 17.0. The highest BCUT2D eigenvalue weighted by atomic mass is 16.4. The number of aromatic nitrogens is 6. The van der Waals surface area contributed by atoms with E-state index in [4.69, 9.17) is 8.83 Å². The Kier molecular flexibility index (Phi) is 11.8. The zero-order chi connectivity index (χ0) is 49.7. The third kappa shape index (κ3) is 8.46. The smallest absolute Gasteiger partial charge is 0.250 e. The monoisotopic (exact) mass is 942 g/mol. The number of rotatable bonds is 8. The van der Waals surface area contributed by atoms with Crippen molar-refractivity contribution >= 4 is 43.6 Å². The second-order valence-electron chi connectivity index (χ2n) is 20.6. The maximum absolute atomic E-state index is 6.21. The molecule has 0 bridgehead atoms. The Morgan fingerprint density at radius 1 is 0.361 bits per heavy atom. The largest absolute Gasteiger partial charge is 0.416 e. The highest BCUT2D eigenvalue weighted by molar-refractivity contribution is 6.11. The standard InChI is InChI=1S/C34H33N3O.C30H25N3O/c1-33(2,3)23-16-18-29-26(20-23)27-21-24(34(4,5)6)17-19-30(27)37(29)28-15-11-10-14-25(28)32-36-35-31(38-32)22-12-8-7-9-13-22;1-3-20-14-16-27-24(18-20)25-19-21(4-2)15-17-28(25)33(27)26-13-9-8-12-23(26)30-32-31-29(34-30)22-10-6-5-7-11-22/h7-21H,1-6H3;5-19H,3-4H2,1-2H3. The summed E-state index contributed by atoms with van der Waals surface area (Å²) in [5, 5.41) is 22.6. The van der Waals surface area contributed by atoms with E-state index in [-0.39, 0.29) is 10.8 Å². The summed E-state index contributed by atoms with van der Waals surface area (Å²) in [6.45, 7) is 18.0. The summed E-state index contributed by atoms with van der Waals surface area (Å²) in [5.41, 5.74) is 15.8. The molecule has 4 heterocycles. The average Bonchev–Trinajstić information content (AvgIpc) is 4.23. The maximum atomic E-state index is 6.21. The SMILES string of the molecule is CC(C)(C)c1ccc2c(c1)c1cc(C(C)(C)C)ccc1n2-c1ccccc1-c1nnc(-c2ccccc2)o1.CCc1ccc2c(c1)c1cc(CC)ccc1n2-c1ccccc1-c1nnc(-c2ccccc2)o1. The first-order valence-electron chi connectivity index (χ1n) is 25.0. The van der Waals surface area contributed by atoms with Crippen LogP contribution in [0.2, 0.25) is 0 Å². The Labute approximate surface area is 420 Å². The second-order valence-corrected chi connectivity index (χ2v) is 20.6. The van der Waals surface area contributed by atoms with Crippen LogP contribution >= 0.6 is 0 Å². The molecule has 8 heteroatoms. The molecular weight excluding hydrogens is 885 g/mol. The van der Waals surface area contributed by atoms with Crippen molar-refractivity contribution in [3.63, 3.8) is 0 Å². The Morgan fingerprint density at radius 2 is 0.694 bits per heavy atom. The molecule has 0 N–H and O–H groups in total. The third-order valence-corrected chi connectivity index (χ3v) is 13.8. The van der Waals surface area contributed by atoms with E-state index in [1.807, 2.05) is 72.8 Å². The minimum absolute atomic E-state index is 0.0553. The lowest BCUT2D eigenvalue weighted by atomic mass is 9.85. The number of para-hydroxylation sites is 2. The predicted molar refractivity (Wildman–Crippen MR) is 295 cm³/mol. The Balaban J connectivity index is 0.000000157. The summed E-state index contributed by atoms with van der Waals surface area (Å²) in [7, 11) is 0. The fraction of sp³-hybridized carbons (Fsp3) is 0.188. The molecule has 0 aliphatic heterocycles. The number of fused-ring (bicyclic) bond motifs is 6. The molecule has 8 nitrogen and oxygen atoms in total. The van der Waals surface area contributed by atoms with Gasteiger partial charge in [0.15, 0.2) is 0 Å². The molecule has 0 unspecified atom stereocenters. The zero-order valence-electron chi connectivity index (χ0n) is 42.2. The maximum Gasteiger partial charge on any atom is 0.250 e. The van der Waals surface area contributed by atoms with E-state index in [2.05, 4.69) is 194 Å². The zero-order valence-corrected chi connectivity index (χ0v) is 42.2. The summed E-state index contributed by atoms with van der Waals surface area (Å²) in [6, 6.07) is 63.6. The van der Waals surface area contributed by atoms with Crippen LogP contribution in [0.1, 0.15) is 77.6 Å². The van der Waals surface area contributed by atoms with Gasteiger partial charge in [-0.15, -0.1) is 20.4 Å². The first-order valence-corrected chi connectivity index (χ1v) is 25.0. The van der Waals surface area contributed by atoms with Gasteiger partial charge in [-0.25, -0.2) is 0 Å². The van der Waals surface area contributed by atoms with Gasteiger partial charge in [0.1, 0.15) is 0 Å². The molecule has 4 aromatic heterocycles. The van der Waals surface area contributed by atoms with E-state index in [1.54, 1.807) is 0 Å². The minimum Gasteiger partial charge on any atom is -0.416 e. The highest BCUT2D eigenvalue weighted by Gasteiger charge is 2.24. The quantitative estimate of drug-likeness (QED) is 0.151. The second kappa shape index (κ2) is 18.4. The number of benzene rings is 8. The van der Waals surface area contributed by atoms with Crippen LogP contribution in [-0.4, -0.2) is 29.5 Å². The molecule has 0 radical (unpaired) electrons. The van der Waals surface area contributed by atoms with Gasteiger partial charge in [0.05, 0.1) is 44.6 Å². The number of hydrogen-bond donors (Lipinski definition) is 0. The van der Waals surface area contributed by atoms with Crippen molar-refractivity contribution in [2.45, 2.75) is 79.1 Å². The molecule has 0 aliphatic carbocycles. The van der Waals surface area contributed by atoms with Gasteiger partial charge in [0, 0.05) is 32.7 Å². The Morgan fingerprint density at radius 3 is 1.07 bits per heavy atom. The van der Waals surface area contributed by atoms with Crippen molar-refractivity contribution < 1.29 is 8.83 Å². The van der Waals surface area contributed by atoms with Crippen molar-refractivity contribution in [2.24, 2.45) is 0 Å². The molecule has 12 aromatic rings. The molecule has 0 spiro atoms. The van der Waals surface area contributed by atoms with Crippen molar-refractivity contribution in [3.05, 3.63) is 204 Å². The lowest BCUT2D eigenvalue weighted by molar-refractivity contribution is 0.584. The highest BCUT2D eigenvalue weighted by Crippen LogP contribution is 2.41. The molecule has 8 aromatic carbocycles. The fourth-order valence-electron chi connectivity index (χ4n) is 9.79. The van der Waals surface area contributed by atoms with Crippen LogP contribution < -0.4 is 0 Å². The average molecular weight is 943 g/mol. The fourth-order valence-corrected chi connectivity index (χ4v) is 9.79. The van der Waals surface area contributed by atoms with Gasteiger partial charge in [-0.05, 0) is 143 Å². The van der Waals surface area contributed by atoms with Crippen LogP contribution in [0.25, 0.3) is 101 Å². The molecule has 0 fully saturated rings. The third-order valence-electron chi connectivity index (χ3n) is 13.8. The van der Waals surface area contributed by atoms with Crippen LogP contribution in [0.15, 0.2) is 191 Å². The van der Waals surface area contributed by atoms with Crippen molar-refractivity contribution in [3.8, 4) is 57.2 Å². The van der Waals surface area contributed by atoms with Crippen LogP contribution in [0, 0.1) is 0 Å². The first kappa shape index (κ1) is 46.0. The first-order chi connectivity index (χ1) is 34.9. The van der Waals surface area contributed by atoms with Gasteiger partial charge in [-0.1, -0.05) is 140 Å². The topological polar surface area (TPSA) is 87.7 Å². The van der Waals surface area contributed by atoms with Crippen molar-refractivity contribution in [1.82, 2.24) is 29.5 Å². The van der Waals surface area contributed by atoms with Gasteiger partial charge < -0.3 is 18.0 Å². The van der Waals surface area contributed by atoms with E-state index in [0.29, 0.717) is 23.6 Å². The van der Waals surface area contributed by atoms with E-state index in [1.165, 1.54) is 54.8 Å². The molecule has 0 saturated carbocycles. The molecule has 12 rings (SSSR count). The predicted octanol–water partition coefficient (Wildman–Crippen LogP) is 16.7. The summed E-state index contributed by atoms with van der Waals surface area (Å²) >= 11 is 0. The summed E-state index contributed by atoms with van der Waals surface area (Å²) in [4.78, 5) is 0. The van der Waals surface area contributed by atoms with E-state index < -0.39 is 0 Å². The molecule has 0 atom stereocenters. The number of nitrogens with zero attached hydrogens (tertiary/aromatic N) is 6. The van der Waals surface area contributed by atoms with Crippen LogP contribution in [-0.2, 0) is 23.7 Å². The van der Waals surface area contributed by atoms with Crippen LogP contribution in [0.3, 0.4) is 0 Å². The lowest BCUT2D eigenvalue weighted by Crippen LogP contribution is -2.10. The molecule has 356 valence electrons. The van der Waals surface area contributed by atoms with Gasteiger partial charge >= 0.3 is 0 Å². The van der Waals surface area contributed by atoms with Crippen molar-refractivity contribution in [2.75, 3.05) is 0 Å². The molecular formula is C64H58N6O2. The van der Waals surface area contributed by atoms with Gasteiger partial charge in [-0.3, -0.25) is 0 Å². The Hall–Kier alpha value is -8.36. The molecule has 0 amide bonds. The summed E-state index contributed by atoms with van der Waals surface area (Å²) in [5.74, 6) is 2.06. The molecule has 0 aliphatic rings. The van der Waals surface area contributed by atoms with Gasteiger partial charge in [-0.2, -0.15) is 0 Å². The van der Waals surface area contributed by atoms with Crippen LogP contribution in [0.4, 0.5) is 0 Å².